The van der Waals surface area contributed by atoms with Crippen molar-refractivity contribution in [2.45, 2.75) is 64.0 Å². The Balaban J connectivity index is 3.01. The molecule has 1 aromatic rings. The largest absolute Gasteiger partial charge is 0.392 e. The number of rotatable bonds is 8. The Morgan fingerprint density at radius 2 is 2.00 bits per heavy atom. The maximum Gasteiger partial charge on any atom is 0.241 e. The van der Waals surface area contributed by atoms with Crippen molar-refractivity contribution < 1.29 is 13.5 Å². The number of unbranched alkanes of at least 4 members (excludes halogenated alkanes) is 1. The van der Waals surface area contributed by atoms with E-state index in [1.165, 1.54) is 0 Å². The Morgan fingerprint density at radius 1 is 1.30 bits per heavy atom. The minimum absolute atomic E-state index is 0.0811. The van der Waals surface area contributed by atoms with Crippen LogP contribution in [0, 0.1) is 0 Å². The van der Waals surface area contributed by atoms with Crippen molar-refractivity contribution in [1.29, 1.82) is 0 Å². The van der Waals surface area contributed by atoms with Gasteiger partial charge in [-0.1, -0.05) is 38.8 Å². The minimum Gasteiger partial charge on any atom is -0.392 e. The van der Waals surface area contributed by atoms with Crippen LogP contribution in [-0.4, -0.2) is 19.6 Å². The van der Waals surface area contributed by atoms with E-state index in [4.69, 9.17) is 0 Å². The van der Waals surface area contributed by atoms with Gasteiger partial charge in [-0.15, -0.1) is 0 Å². The fraction of sp³-hybridized carbons (Fsp3) is 0.600. The van der Waals surface area contributed by atoms with Crippen LogP contribution in [0.4, 0.5) is 0 Å². The van der Waals surface area contributed by atoms with Crippen molar-refractivity contribution in [3.05, 3.63) is 29.3 Å². The molecular weight excluding hydrogens is 274 g/mol. The van der Waals surface area contributed by atoms with Gasteiger partial charge in [0, 0.05) is 6.04 Å². The highest BCUT2D eigenvalue weighted by Crippen LogP contribution is 2.19. The van der Waals surface area contributed by atoms with Crippen molar-refractivity contribution >= 4 is 10.0 Å². The third-order valence-corrected chi connectivity index (χ3v) is 5.00. The molecular formula is C15H25NO3S. The number of benzene rings is 1. The summed E-state index contributed by atoms with van der Waals surface area (Å²) in [5.41, 5.74) is 1.39. The second kappa shape index (κ2) is 7.76. The lowest BCUT2D eigenvalue weighted by molar-refractivity contribution is 0.281. The van der Waals surface area contributed by atoms with Gasteiger partial charge in [0.25, 0.3) is 0 Å². The predicted octanol–water partition coefficient (Wildman–Crippen LogP) is 2.60. The predicted molar refractivity (Wildman–Crippen MR) is 81.1 cm³/mol. The topological polar surface area (TPSA) is 66.4 Å². The van der Waals surface area contributed by atoms with Gasteiger partial charge in [0.05, 0.1) is 11.5 Å². The maximum absolute atomic E-state index is 12.5. The molecule has 1 aromatic carbocycles. The van der Waals surface area contributed by atoms with E-state index in [9.17, 15) is 13.5 Å². The molecule has 20 heavy (non-hydrogen) atoms. The number of nitrogens with one attached hydrogen (secondary N) is 1. The second-order valence-corrected chi connectivity index (χ2v) is 6.80. The van der Waals surface area contributed by atoms with Gasteiger partial charge in [-0.2, -0.15) is 0 Å². The maximum atomic E-state index is 12.5. The average Bonchev–Trinajstić information content (AvgIpc) is 2.43. The molecule has 114 valence electrons. The fourth-order valence-corrected chi connectivity index (χ4v) is 3.78. The zero-order chi connectivity index (χ0) is 15.2. The van der Waals surface area contributed by atoms with Crippen LogP contribution in [0.1, 0.15) is 51.2 Å². The Bertz CT molecular complexity index is 526. The molecule has 0 bridgehead atoms. The summed E-state index contributed by atoms with van der Waals surface area (Å²) in [5, 5.41) is 9.17. The number of sulfonamides is 1. The fourth-order valence-electron chi connectivity index (χ4n) is 2.14. The SMILES string of the molecule is CCCCC(C)NS(=O)(=O)c1cc(CO)ccc1CC. The Hall–Kier alpha value is -0.910. The zero-order valence-electron chi connectivity index (χ0n) is 12.5. The van der Waals surface area contributed by atoms with Gasteiger partial charge in [0.15, 0.2) is 0 Å². The van der Waals surface area contributed by atoms with Crippen molar-refractivity contribution in [3.63, 3.8) is 0 Å². The van der Waals surface area contributed by atoms with Crippen LogP contribution in [-0.2, 0) is 23.1 Å². The van der Waals surface area contributed by atoms with E-state index in [1.54, 1.807) is 18.2 Å². The van der Waals surface area contributed by atoms with Crippen LogP contribution < -0.4 is 4.72 Å². The molecule has 0 aliphatic heterocycles. The molecule has 0 amide bonds. The van der Waals surface area contributed by atoms with E-state index in [1.807, 2.05) is 13.8 Å². The van der Waals surface area contributed by atoms with E-state index < -0.39 is 10.0 Å². The van der Waals surface area contributed by atoms with Gasteiger partial charge in [0.2, 0.25) is 10.0 Å². The third-order valence-electron chi connectivity index (χ3n) is 3.33. The van der Waals surface area contributed by atoms with E-state index in [-0.39, 0.29) is 17.5 Å². The molecule has 4 nitrogen and oxygen atoms in total. The van der Waals surface area contributed by atoms with Gasteiger partial charge >= 0.3 is 0 Å². The van der Waals surface area contributed by atoms with Crippen molar-refractivity contribution in [1.82, 2.24) is 4.72 Å². The summed E-state index contributed by atoms with van der Waals surface area (Å²) in [7, 11) is -3.53. The molecule has 0 saturated carbocycles. The van der Waals surface area contributed by atoms with Crippen LogP contribution in [0.25, 0.3) is 0 Å². The summed E-state index contributed by atoms with van der Waals surface area (Å²) in [6, 6.07) is 5.02. The average molecular weight is 299 g/mol. The van der Waals surface area contributed by atoms with Gasteiger partial charge in [-0.05, 0) is 37.0 Å². The Morgan fingerprint density at radius 3 is 2.55 bits per heavy atom. The zero-order valence-corrected chi connectivity index (χ0v) is 13.3. The van der Waals surface area contributed by atoms with E-state index in [0.29, 0.717) is 12.0 Å². The molecule has 1 atom stereocenters. The summed E-state index contributed by atoms with van der Waals surface area (Å²) < 4.78 is 27.6. The van der Waals surface area contributed by atoms with Crippen LogP contribution >= 0.6 is 0 Å². The summed E-state index contributed by atoms with van der Waals surface area (Å²) in [4.78, 5) is 0.287. The van der Waals surface area contributed by atoms with E-state index in [2.05, 4.69) is 11.6 Å². The van der Waals surface area contributed by atoms with E-state index in [0.717, 1.165) is 24.8 Å². The summed E-state index contributed by atoms with van der Waals surface area (Å²) in [5.74, 6) is 0. The van der Waals surface area contributed by atoms with Crippen LogP contribution in [0.15, 0.2) is 23.1 Å². The molecule has 1 rings (SSSR count). The molecule has 0 fully saturated rings. The first-order valence-corrected chi connectivity index (χ1v) is 8.67. The van der Waals surface area contributed by atoms with E-state index >= 15 is 0 Å². The summed E-state index contributed by atoms with van der Waals surface area (Å²) >= 11 is 0. The lowest BCUT2D eigenvalue weighted by Gasteiger charge is -2.16. The highest BCUT2D eigenvalue weighted by molar-refractivity contribution is 7.89. The molecule has 1 unspecified atom stereocenters. The van der Waals surface area contributed by atoms with Crippen molar-refractivity contribution in [2.24, 2.45) is 0 Å². The molecule has 0 aromatic heterocycles. The van der Waals surface area contributed by atoms with Gasteiger partial charge in [0.1, 0.15) is 0 Å². The molecule has 0 spiro atoms. The second-order valence-electron chi connectivity index (χ2n) is 5.12. The first-order valence-electron chi connectivity index (χ1n) is 7.19. The number of aliphatic hydroxyl groups is 1. The lowest BCUT2D eigenvalue weighted by Crippen LogP contribution is -2.33. The molecule has 5 heteroatoms. The highest BCUT2D eigenvalue weighted by Gasteiger charge is 2.20. The quantitative estimate of drug-likeness (QED) is 0.775. The Kier molecular flexibility index (Phi) is 6.65. The first kappa shape index (κ1) is 17.1. The standard InChI is InChI=1S/C15H25NO3S/c1-4-6-7-12(3)16-20(18,19)15-10-13(11-17)8-9-14(15)5-2/h8-10,12,16-17H,4-7,11H2,1-3H3. The smallest absolute Gasteiger partial charge is 0.241 e. The van der Waals surface area contributed by atoms with Gasteiger partial charge in [-0.3, -0.25) is 0 Å². The van der Waals surface area contributed by atoms with Crippen molar-refractivity contribution in [2.75, 3.05) is 0 Å². The number of aliphatic hydroxyl groups excluding tert-OH is 1. The van der Waals surface area contributed by atoms with Crippen molar-refractivity contribution in [3.8, 4) is 0 Å². The number of hydrogen-bond acceptors (Lipinski definition) is 3. The molecule has 2 N–H and O–H groups in total. The minimum atomic E-state index is -3.53. The van der Waals surface area contributed by atoms with Crippen LogP contribution in [0.2, 0.25) is 0 Å². The third kappa shape index (κ3) is 4.58. The number of hydrogen-bond donors (Lipinski definition) is 2. The number of aryl methyl sites for hydroxylation is 1. The summed E-state index contributed by atoms with van der Waals surface area (Å²) in [6.45, 7) is 5.74. The molecule has 0 aliphatic rings. The van der Waals surface area contributed by atoms with Crippen LogP contribution in [0.3, 0.4) is 0 Å². The molecule has 0 radical (unpaired) electrons. The summed E-state index contributed by atoms with van der Waals surface area (Å²) in [6.07, 6.45) is 3.52. The Labute approximate surface area is 122 Å². The lowest BCUT2D eigenvalue weighted by atomic mass is 10.1. The van der Waals surface area contributed by atoms with Gasteiger partial charge < -0.3 is 5.11 Å². The van der Waals surface area contributed by atoms with Crippen LogP contribution in [0.5, 0.6) is 0 Å². The molecule has 0 aliphatic carbocycles. The molecule has 0 saturated heterocycles. The molecule has 0 heterocycles. The monoisotopic (exact) mass is 299 g/mol. The van der Waals surface area contributed by atoms with Gasteiger partial charge in [-0.25, -0.2) is 13.1 Å². The first-order chi connectivity index (χ1) is 9.44. The normalized spacial score (nSPS) is 13.4. The highest BCUT2D eigenvalue weighted by atomic mass is 32.2.